The van der Waals surface area contributed by atoms with Crippen LogP contribution in [0.15, 0.2) is 6.07 Å². The molecule has 16 heavy (non-hydrogen) atoms. The van der Waals surface area contributed by atoms with Crippen LogP contribution in [0.4, 0.5) is 5.82 Å². The van der Waals surface area contributed by atoms with Crippen molar-refractivity contribution in [3.63, 3.8) is 0 Å². The third-order valence-electron chi connectivity index (χ3n) is 3.46. The maximum atomic E-state index is 11.4. The van der Waals surface area contributed by atoms with E-state index < -0.39 is 9.84 Å². The molecule has 1 aliphatic rings. The highest BCUT2D eigenvalue weighted by Crippen LogP contribution is 2.35. The van der Waals surface area contributed by atoms with E-state index in [2.05, 4.69) is 12.0 Å². The Bertz CT molecular complexity index is 471. The second kappa shape index (κ2) is 3.48. The molecule has 0 radical (unpaired) electrons. The zero-order chi connectivity index (χ0) is 12.0. The van der Waals surface area contributed by atoms with Crippen LogP contribution in [0.25, 0.3) is 0 Å². The van der Waals surface area contributed by atoms with Crippen molar-refractivity contribution in [3.05, 3.63) is 11.8 Å². The number of hydrogen-bond acceptors (Lipinski definition) is 4. The van der Waals surface area contributed by atoms with Crippen molar-refractivity contribution >= 4 is 15.7 Å². The van der Waals surface area contributed by atoms with E-state index in [-0.39, 0.29) is 16.9 Å². The molecular formula is C10H17N3O2S. The minimum atomic E-state index is -2.83. The molecule has 2 rings (SSSR count). The van der Waals surface area contributed by atoms with Crippen molar-refractivity contribution in [2.24, 2.45) is 7.05 Å². The lowest BCUT2D eigenvalue weighted by Crippen LogP contribution is -2.35. The number of anilines is 1. The monoisotopic (exact) mass is 243 g/mol. The third kappa shape index (κ3) is 1.93. The number of nitrogen functional groups attached to an aromatic ring is 1. The first-order chi connectivity index (χ1) is 7.32. The van der Waals surface area contributed by atoms with Crippen LogP contribution in [0.3, 0.4) is 0 Å². The smallest absolute Gasteiger partial charge is 0.150 e. The molecule has 1 aliphatic heterocycles. The molecule has 6 heteroatoms. The third-order valence-corrected chi connectivity index (χ3v) is 5.12. The molecule has 0 aromatic carbocycles. The van der Waals surface area contributed by atoms with Gasteiger partial charge in [-0.1, -0.05) is 6.92 Å². The summed E-state index contributed by atoms with van der Waals surface area (Å²) in [6, 6.07) is 1.85. The Morgan fingerprint density at radius 1 is 1.44 bits per heavy atom. The lowest BCUT2D eigenvalue weighted by Gasteiger charge is -2.31. The Morgan fingerprint density at radius 3 is 2.44 bits per heavy atom. The number of nitrogens with zero attached hydrogens (tertiary/aromatic N) is 2. The standard InChI is InChI=1S/C10H17N3O2S/c1-10(3-5-16(14,15)6-4-10)8-7-9(11)13(2)12-8/h7H,3-6,11H2,1-2H3. The Balaban J connectivity index is 2.27. The number of rotatable bonds is 1. The van der Waals surface area contributed by atoms with Crippen molar-refractivity contribution in [3.8, 4) is 0 Å². The molecule has 0 unspecified atom stereocenters. The summed E-state index contributed by atoms with van der Waals surface area (Å²) in [5.74, 6) is 1.12. The van der Waals surface area contributed by atoms with Gasteiger partial charge in [0.1, 0.15) is 15.7 Å². The van der Waals surface area contributed by atoms with Gasteiger partial charge >= 0.3 is 0 Å². The van der Waals surface area contributed by atoms with Crippen LogP contribution in [0, 0.1) is 0 Å². The van der Waals surface area contributed by atoms with Gasteiger partial charge in [-0.2, -0.15) is 5.10 Å². The molecule has 1 aromatic heterocycles. The normalized spacial score (nSPS) is 23.1. The van der Waals surface area contributed by atoms with Crippen LogP contribution in [-0.2, 0) is 22.3 Å². The quantitative estimate of drug-likeness (QED) is 0.777. The first-order valence-electron chi connectivity index (χ1n) is 5.33. The number of hydrogen-bond donors (Lipinski definition) is 1. The topological polar surface area (TPSA) is 78.0 Å². The minimum absolute atomic E-state index is 0.152. The molecular weight excluding hydrogens is 226 g/mol. The van der Waals surface area contributed by atoms with Gasteiger partial charge in [0.15, 0.2) is 0 Å². The SMILES string of the molecule is Cn1nc(C2(C)CCS(=O)(=O)CC2)cc1N. The van der Waals surface area contributed by atoms with Crippen LogP contribution in [0.5, 0.6) is 0 Å². The van der Waals surface area contributed by atoms with Gasteiger partial charge in [0.2, 0.25) is 0 Å². The van der Waals surface area contributed by atoms with E-state index in [1.807, 2.05) is 6.07 Å². The fourth-order valence-corrected chi connectivity index (χ4v) is 3.75. The van der Waals surface area contributed by atoms with Crippen molar-refractivity contribution in [2.75, 3.05) is 17.2 Å². The van der Waals surface area contributed by atoms with E-state index in [4.69, 9.17) is 5.73 Å². The molecule has 1 fully saturated rings. The number of aromatic nitrogens is 2. The first kappa shape index (κ1) is 11.4. The van der Waals surface area contributed by atoms with E-state index in [1.165, 1.54) is 0 Å². The van der Waals surface area contributed by atoms with E-state index >= 15 is 0 Å². The summed E-state index contributed by atoms with van der Waals surface area (Å²) in [6.45, 7) is 2.06. The fraction of sp³-hybridized carbons (Fsp3) is 0.700. The zero-order valence-corrected chi connectivity index (χ0v) is 10.4. The summed E-state index contributed by atoms with van der Waals surface area (Å²) in [7, 11) is -1.04. The molecule has 1 saturated heterocycles. The largest absolute Gasteiger partial charge is 0.384 e. The Kier molecular flexibility index (Phi) is 2.49. The van der Waals surface area contributed by atoms with Crippen molar-refractivity contribution in [1.82, 2.24) is 9.78 Å². The van der Waals surface area contributed by atoms with Gasteiger partial charge in [0.05, 0.1) is 17.2 Å². The average Bonchev–Trinajstić information content (AvgIpc) is 2.54. The number of sulfone groups is 1. The molecule has 2 heterocycles. The van der Waals surface area contributed by atoms with Crippen molar-refractivity contribution < 1.29 is 8.42 Å². The van der Waals surface area contributed by atoms with Gasteiger partial charge in [-0.15, -0.1) is 0 Å². The summed E-state index contributed by atoms with van der Waals surface area (Å²) < 4.78 is 24.4. The van der Waals surface area contributed by atoms with Crippen molar-refractivity contribution in [1.29, 1.82) is 0 Å². The summed E-state index contributed by atoms with van der Waals surface area (Å²) in [5.41, 5.74) is 6.49. The lowest BCUT2D eigenvalue weighted by atomic mass is 9.81. The average molecular weight is 243 g/mol. The van der Waals surface area contributed by atoms with Crippen molar-refractivity contribution in [2.45, 2.75) is 25.2 Å². The lowest BCUT2D eigenvalue weighted by molar-refractivity contribution is 0.404. The van der Waals surface area contributed by atoms with Crippen LogP contribution >= 0.6 is 0 Å². The van der Waals surface area contributed by atoms with Gasteiger partial charge in [-0.05, 0) is 12.8 Å². The predicted octanol–water partition coefficient (Wildman–Crippen LogP) is 0.469. The molecule has 2 N–H and O–H groups in total. The van der Waals surface area contributed by atoms with Crippen LogP contribution in [0.2, 0.25) is 0 Å². The minimum Gasteiger partial charge on any atom is -0.384 e. The molecule has 5 nitrogen and oxygen atoms in total. The first-order valence-corrected chi connectivity index (χ1v) is 7.15. The Labute approximate surface area is 95.6 Å². The Hall–Kier alpha value is -1.04. The van der Waals surface area contributed by atoms with Gasteiger partial charge in [0, 0.05) is 18.5 Å². The molecule has 0 amide bonds. The van der Waals surface area contributed by atoms with E-state index in [1.54, 1.807) is 11.7 Å². The predicted molar refractivity (Wildman–Crippen MR) is 62.9 cm³/mol. The van der Waals surface area contributed by atoms with E-state index in [9.17, 15) is 8.42 Å². The maximum absolute atomic E-state index is 11.4. The van der Waals surface area contributed by atoms with Gasteiger partial charge in [0.25, 0.3) is 0 Å². The summed E-state index contributed by atoms with van der Waals surface area (Å²) in [4.78, 5) is 0. The highest BCUT2D eigenvalue weighted by atomic mass is 32.2. The number of nitrogens with two attached hydrogens (primary N) is 1. The van der Waals surface area contributed by atoms with E-state index in [0.29, 0.717) is 18.7 Å². The second-order valence-corrected chi connectivity index (χ2v) is 7.09. The van der Waals surface area contributed by atoms with Crippen LogP contribution in [-0.4, -0.2) is 29.7 Å². The summed E-state index contributed by atoms with van der Waals surface area (Å²) >= 11 is 0. The summed E-state index contributed by atoms with van der Waals surface area (Å²) in [6.07, 6.45) is 1.26. The maximum Gasteiger partial charge on any atom is 0.150 e. The van der Waals surface area contributed by atoms with Crippen LogP contribution in [0.1, 0.15) is 25.5 Å². The fourth-order valence-electron chi connectivity index (χ4n) is 2.02. The summed E-state index contributed by atoms with van der Waals surface area (Å²) in [5, 5.41) is 4.35. The highest BCUT2D eigenvalue weighted by molar-refractivity contribution is 7.91. The molecule has 90 valence electrons. The van der Waals surface area contributed by atoms with E-state index in [0.717, 1.165) is 5.69 Å². The molecule has 0 atom stereocenters. The highest BCUT2D eigenvalue weighted by Gasteiger charge is 2.36. The Morgan fingerprint density at radius 2 is 2.00 bits per heavy atom. The zero-order valence-electron chi connectivity index (χ0n) is 9.60. The second-order valence-electron chi connectivity index (χ2n) is 4.79. The molecule has 0 saturated carbocycles. The van der Waals surface area contributed by atoms with Gasteiger partial charge < -0.3 is 5.73 Å². The van der Waals surface area contributed by atoms with Gasteiger partial charge in [-0.3, -0.25) is 4.68 Å². The van der Waals surface area contributed by atoms with Gasteiger partial charge in [-0.25, -0.2) is 8.42 Å². The molecule has 1 aromatic rings. The molecule has 0 aliphatic carbocycles. The molecule has 0 spiro atoms. The molecule has 0 bridgehead atoms. The van der Waals surface area contributed by atoms with Crippen LogP contribution < -0.4 is 5.73 Å². The number of aryl methyl sites for hydroxylation is 1.